The zero-order chi connectivity index (χ0) is 20.7. The number of esters is 1. The second-order valence-electron chi connectivity index (χ2n) is 6.70. The Labute approximate surface area is 166 Å². The van der Waals surface area contributed by atoms with Crippen LogP contribution in [0.15, 0.2) is 30.3 Å². The van der Waals surface area contributed by atoms with Crippen molar-refractivity contribution in [1.29, 1.82) is 0 Å². The summed E-state index contributed by atoms with van der Waals surface area (Å²) in [5, 5.41) is 0.992. The van der Waals surface area contributed by atoms with E-state index in [2.05, 4.69) is 10.1 Å². The third-order valence-corrected chi connectivity index (χ3v) is 8.54. The molecule has 152 valence electrons. The molecule has 0 aliphatic carbocycles. The van der Waals surface area contributed by atoms with Crippen LogP contribution in [0, 0.1) is 0 Å². The van der Waals surface area contributed by atoms with Crippen LogP contribution in [0.4, 0.5) is 0 Å². The molecule has 0 spiro atoms. The maximum absolute atomic E-state index is 13.0. The normalized spacial score (nSPS) is 30.2. The van der Waals surface area contributed by atoms with E-state index in [4.69, 9.17) is 16.3 Å². The summed E-state index contributed by atoms with van der Waals surface area (Å²) in [6, 6.07) is 5.86. The van der Waals surface area contributed by atoms with Crippen LogP contribution in [0.3, 0.4) is 0 Å². The van der Waals surface area contributed by atoms with Crippen molar-refractivity contribution in [3.8, 4) is 5.75 Å². The lowest BCUT2D eigenvalue weighted by Gasteiger charge is -2.42. The number of para-hydroxylation sites is 1. The number of fused-ring (bicyclic) bond motifs is 1. The van der Waals surface area contributed by atoms with Crippen LogP contribution < -0.4 is 10.1 Å². The molecular formula is C17H19ClN2O7S. The third kappa shape index (κ3) is 2.91. The van der Waals surface area contributed by atoms with Crippen LogP contribution in [0.25, 0.3) is 0 Å². The third-order valence-electron chi connectivity index (χ3n) is 5.02. The number of nitrogens with zero attached hydrogens (tertiary/aromatic N) is 1. The second kappa shape index (κ2) is 7.25. The van der Waals surface area contributed by atoms with Crippen LogP contribution in [0.5, 0.6) is 5.75 Å². The first-order chi connectivity index (χ1) is 13.2. The number of carbonyl (C=O) groups excluding carboxylic acids is 3. The smallest absolute Gasteiger partial charge is 0.330 e. The van der Waals surface area contributed by atoms with Gasteiger partial charge in [0.1, 0.15) is 16.5 Å². The van der Waals surface area contributed by atoms with Crippen molar-refractivity contribution in [3.05, 3.63) is 30.3 Å². The molecule has 0 radical (unpaired) electrons. The Morgan fingerprint density at radius 3 is 2.50 bits per heavy atom. The summed E-state index contributed by atoms with van der Waals surface area (Å²) in [5.41, 5.74) is 0. The summed E-state index contributed by atoms with van der Waals surface area (Å²) >= 11 is 5.87. The van der Waals surface area contributed by atoms with Gasteiger partial charge in [0.15, 0.2) is 27.9 Å². The summed E-state index contributed by atoms with van der Waals surface area (Å²) in [6.45, 7) is 0.897. The zero-order valence-corrected chi connectivity index (χ0v) is 16.7. The highest BCUT2D eigenvalue weighted by Gasteiger charge is 2.74. The average molecular weight is 431 g/mol. The fraction of sp³-hybridized carbons (Fsp3) is 0.471. The van der Waals surface area contributed by atoms with Gasteiger partial charge in [-0.15, -0.1) is 11.6 Å². The van der Waals surface area contributed by atoms with Gasteiger partial charge in [-0.1, -0.05) is 18.2 Å². The number of alkyl halides is 1. The zero-order valence-electron chi connectivity index (χ0n) is 15.1. The molecule has 2 fully saturated rings. The van der Waals surface area contributed by atoms with E-state index in [1.807, 2.05) is 0 Å². The number of methoxy groups -OCH3 is 1. The van der Waals surface area contributed by atoms with Gasteiger partial charge in [0.05, 0.1) is 7.11 Å². The van der Waals surface area contributed by atoms with Gasteiger partial charge in [-0.3, -0.25) is 9.59 Å². The molecule has 0 bridgehead atoms. The number of hydrogen-bond donors (Lipinski definition) is 1. The standard InChI is InChI=1S/C17H19ClN2O7S/c1-17(9-18)13(16(23)26-2)20-14(22)12(15(20)28(17,24)25)19-11(21)8-27-10-6-4-3-5-7-10/h3-7,12-13,15H,8-9H2,1-2H3,(H,19,21)/t12-,13+,15-,17+/m1/s1. The fourth-order valence-electron chi connectivity index (χ4n) is 3.45. The molecule has 0 aromatic heterocycles. The quantitative estimate of drug-likeness (QED) is 0.373. The van der Waals surface area contributed by atoms with Crippen molar-refractivity contribution in [2.45, 2.75) is 29.1 Å². The van der Waals surface area contributed by atoms with Crippen molar-refractivity contribution in [2.24, 2.45) is 0 Å². The number of hydrogen-bond acceptors (Lipinski definition) is 7. The summed E-state index contributed by atoms with van der Waals surface area (Å²) < 4.78 is 34.2. The highest BCUT2D eigenvalue weighted by Crippen LogP contribution is 2.47. The molecule has 2 aliphatic heterocycles. The Bertz CT molecular complexity index is 907. The number of amides is 2. The maximum Gasteiger partial charge on any atom is 0.330 e. The van der Waals surface area contributed by atoms with E-state index in [1.54, 1.807) is 30.3 Å². The fourth-order valence-corrected chi connectivity index (χ4v) is 6.35. The van der Waals surface area contributed by atoms with Crippen LogP contribution in [-0.4, -0.2) is 72.9 Å². The Kier molecular flexibility index (Phi) is 5.28. The van der Waals surface area contributed by atoms with E-state index in [1.165, 1.54) is 6.92 Å². The van der Waals surface area contributed by atoms with Gasteiger partial charge in [0.25, 0.3) is 5.91 Å². The number of halogens is 1. The van der Waals surface area contributed by atoms with Gasteiger partial charge in [0.2, 0.25) is 5.91 Å². The molecule has 2 saturated heterocycles. The van der Waals surface area contributed by atoms with Crippen LogP contribution in [0.1, 0.15) is 6.92 Å². The van der Waals surface area contributed by atoms with E-state index in [0.29, 0.717) is 5.75 Å². The minimum Gasteiger partial charge on any atom is -0.484 e. The molecule has 1 aromatic carbocycles. The number of rotatable bonds is 6. The number of carbonyl (C=O) groups is 3. The van der Waals surface area contributed by atoms with Crippen molar-refractivity contribution >= 4 is 39.2 Å². The number of nitrogens with one attached hydrogen (secondary N) is 1. The van der Waals surface area contributed by atoms with Gasteiger partial charge < -0.3 is 19.7 Å². The minimum absolute atomic E-state index is 0.395. The van der Waals surface area contributed by atoms with Gasteiger partial charge >= 0.3 is 5.97 Å². The maximum atomic E-state index is 13.0. The Hall–Kier alpha value is -2.33. The largest absolute Gasteiger partial charge is 0.484 e. The lowest BCUT2D eigenvalue weighted by atomic mass is 9.96. The van der Waals surface area contributed by atoms with Crippen LogP contribution in [-0.2, 0) is 29.0 Å². The van der Waals surface area contributed by atoms with Gasteiger partial charge in [-0.05, 0) is 19.1 Å². The van der Waals surface area contributed by atoms with E-state index < -0.39 is 62.3 Å². The highest BCUT2D eigenvalue weighted by molar-refractivity contribution is 7.94. The molecule has 28 heavy (non-hydrogen) atoms. The molecule has 2 heterocycles. The van der Waals surface area contributed by atoms with Crippen molar-refractivity contribution in [3.63, 3.8) is 0 Å². The monoisotopic (exact) mass is 430 g/mol. The number of benzene rings is 1. The van der Waals surface area contributed by atoms with Gasteiger partial charge in [0, 0.05) is 5.88 Å². The first-order valence-electron chi connectivity index (χ1n) is 8.35. The molecule has 0 saturated carbocycles. The van der Waals surface area contributed by atoms with Crippen molar-refractivity contribution < 1.29 is 32.3 Å². The second-order valence-corrected chi connectivity index (χ2v) is 9.47. The number of sulfone groups is 1. The lowest BCUT2D eigenvalue weighted by Crippen LogP contribution is -2.72. The van der Waals surface area contributed by atoms with Crippen molar-refractivity contribution in [2.75, 3.05) is 19.6 Å². The molecule has 9 nitrogen and oxygen atoms in total. The Balaban J connectivity index is 1.76. The van der Waals surface area contributed by atoms with Crippen LogP contribution >= 0.6 is 11.6 Å². The summed E-state index contributed by atoms with van der Waals surface area (Å²) in [6.07, 6.45) is 0. The average Bonchev–Trinajstić information content (AvgIpc) is 2.86. The number of β-lactam (4-membered cyclic amide) rings is 1. The Morgan fingerprint density at radius 2 is 1.93 bits per heavy atom. The van der Waals surface area contributed by atoms with Gasteiger partial charge in [-0.25, -0.2) is 13.2 Å². The molecule has 2 amide bonds. The molecule has 3 rings (SSSR count). The molecule has 0 unspecified atom stereocenters. The van der Waals surface area contributed by atoms with E-state index in [-0.39, 0.29) is 0 Å². The van der Waals surface area contributed by atoms with Gasteiger partial charge in [-0.2, -0.15) is 0 Å². The summed E-state index contributed by atoms with van der Waals surface area (Å²) in [4.78, 5) is 37.8. The molecule has 1 N–H and O–H groups in total. The molecule has 2 aliphatic rings. The highest BCUT2D eigenvalue weighted by atomic mass is 35.5. The topological polar surface area (TPSA) is 119 Å². The van der Waals surface area contributed by atoms with E-state index in [0.717, 1.165) is 12.0 Å². The Morgan fingerprint density at radius 1 is 1.29 bits per heavy atom. The predicted octanol–water partition coefficient (Wildman–Crippen LogP) is -0.314. The van der Waals surface area contributed by atoms with E-state index >= 15 is 0 Å². The summed E-state index contributed by atoms with van der Waals surface area (Å²) in [7, 11) is -2.96. The molecule has 11 heteroatoms. The minimum atomic E-state index is -4.06. The molecule has 4 atom stereocenters. The summed E-state index contributed by atoms with van der Waals surface area (Å²) in [5.74, 6) is -2.18. The SMILES string of the molecule is COC(=O)[C@@H]1N2C(=O)[C@@H](NC(=O)COc3ccccc3)[C@H]2S(=O)(=O)[C@@]1(C)CCl. The lowest BCUT2D eigenvalue weighted by molar-refractivity contribution is -0.162. The van der Waals surface area contributed by atoms with E-state index in [9.17, 15) is 22.8 Å². The van der Waals surface area contributed by atoms with Crippen molar-refractivity contribution in [1.82, 2.24) is 10.2 Å². The first kappa shape index (κ1) is 20.4. The van der Waals surface area contributed by atoms with Crippen LogP contribution in [0.2, 0.25) is 0 Å². The number of ether oxygens (including phenoxy) is 2. The molecule has 1 aromatic rings. The molecular weight excluding hydrogens is 412 g/mol. The predicted molar refractivity (Wildman–Crippen MR) is 98.4 cm³/mol. The first-order valence-corrected chi connectivity index (χ1v) is 10.4.